The molecule has 0 aromatic heterocycles. The predicted octanol–water partition coefficient (Wildman–Crippen LogP) is 4.98. The highest BCUT2D eigenvalue weighted by molar-refractivity contribution is 9.10. The maximum Gasteiger partial charge on any atom is 0.179 e. The molecule has 130 valence electrons. The molecule has 3 aromatic carbocycles. The minimum atomic E-state index is -2.39. The van der Waals surface area contributed by atoms with E-state index in [1.165, 1.54) is 20.8 Å². The second-order valence-electron chi connectivity index (χ2n) is 6.26. The van der Waals surface area contributed by atoms with Crippen molar-refractivity contribution < 1.29 is 0 Å². The van der Waals surface area contributed by atoms with Crippen LogP contribution in [0.3, 0.4) is 0 Å². The molecule has 0 N–H and O–H groups in total. The fourth-order valence-electron chi connectivity index (χ4n) is 3.71. The average molecular weight is 419 g/mol. The van der Waals surface area contributed by atoms with Gasteiger partial charge in [-0.2, -0.15) is 0 Å². The van der Waals surface area contributed by atoms with E-state index in [0.29, 0.717) is 0 Å². The number of allylic oxidation sites excluding steroid dienone is 3. The monoisotopic (exact) mass is 418 g/mol. The molecule has 0 amide bonds. The van der Waals surface area contributed by atoms with Crippen LogP contribution in [0, 0.1) is 0 Å². The number of benzene rings is 3. The van der Waals surface area contributed by atoms with Gasteiger partial charge in [0.2, 0.25) is 0 Å². The van der Waals surface area contributed by atoms with Crippen LogP contribution in [-0.4, -0.2) is 8.07 Å². The molecule has 0 saturated carbocycles. The van der Waals surface area contributed by atoms with Crippen LogP contribution in [0.4, 0.5) is 0 Å². The van der Waals surface area contributed by atoms with Gasteiger partial charge in [-0.05, 0) is 39.3 Å². The maximum absolute atomic E-state index is 4.20. The van der Waals surface area contributed by atoms with E-state index in [4.69, 9.17) is 0 Å². The molecule has 0 fully saturated rings. The minimum Gasteiger partial charge on any atom is -0.0992 e. The van der Waals surface area contributed by atoms with Crippen LogP contribution < -0.4 is 15.6 Å². The molecule has 0 saturated heterocycles. The first-order valence-electron chi connectivity index (χ1n) is 8.93. The summed E-state index contributed by atoms with van der Waals surface area (Å²) in [7, 11) is -2.39. The van der Waals surface area contributed by atoms with Gasteiger partial charge in [-0.25, -0.2) is 0 Å². The summed E-state index contributed by atoms with van der Waals surface area (Å²) in [6.07, 6.45) is 5.40. The third kappa shape index (κ3) is 3.40. The lowest BCUT2D eigenvalue weighted by Gasteiger charge is -2.35. The Balaban J connectivity index is 2.46. The summed E-state index contributed by atoms with van der Waals surface area (Å²) < 4.78 is 1.11. The molecule has 0 aliphatic carbocycles. The average Bonchev–Trinajstić information content (AvgIpc) is 2.69. The zero-order valence-corrected chi connectivity index (χ0v) is 17.6. The third-order valence-corrected chi connectivity index (χ3v) is 10.1. The van der Waals surface area contributed by atoms with Crippen LogP contribution in [0.1, 0.15) is 13.3 Å². The summed E-state index contributed by atoms with van der Waals surface area (Å²) >= 11 is 3.69. The van der Waals surface area contributed by atoms with Crippen molar-refractivity contribution in [2.45, 2.75) is 13.3 Å². The van der Waals surface area contributed by atoms with Crippen molar-refractivity contribution in [2.24, 2.45) is 0 Å². The minimum absolute atomic E-state index is 0.990. The van der Waals surface area contributed by atoms with Gasteiger partial charge in [0, 0.05) is 4.47 Å². The molecule has 0 heterocycles. The van der Waals surface area contributed by atoms with Gasteiger partial charge in [-0.1, -0.05) is 114 Å². The second-order valence-corrected chi connectivity index (χ2v) is 11.0. The third-order valence-electron chi connectivity index (χ3n) is 4.75. The molecular weight excluding hydrogens is 396 g/mol. The summed E-state index contributed by atoms with van der Waals surface area (Å²) in [6.45, 7) is 6.39. The zero-order valence-electron chi connectivity index (χ0n) is 15.0. The Morgan fingerprint density at radius 2 is 1.38 bits per heavy atom. The smallest absolute Gasteiger partial charge is 0.0992 e. The highest BCUT2D eigenvalue weighted by Crippen LogP contribution is 2.20. The zero-order chi connectivity index (χ0) is 18.4. The van der Waals surface area contributed by atoms with E-state index >= 15 is 0 Å². The van der Waals surface area contributed by atoms with Crippen molar-refractivity contribution in [2.75, 3.05) is 0 Å². The molecule has 2 heteroatoms. The molecular formula is C24H23BrSi. The topological polar surface area (TPSA) is 0 Å². The van der Waals surface area contributed by atoms with Gasteiger partial charge in [0.1, 0.15) is 0 Å². The number of halogens is 1. The Hall–Kier alpha value is -2.16. The van der Waals surface area contributed by atoms with Crippen molar-refractivity contribution in [3.8, 4) is 0 Å². The maximum atomic E-state index is 4.20. The van der Waals surface area contributed by atoms with Crippen molar-refractivity contribution in [3.63, 3.8) is 0 Å². The fourth-order valence-corrected chi connectivity index (χ4v) is 9.24. The summed E-state index contributed by atoms with van der Waals surface area (Å²) in [4.78, 5) is 0. The van der Waals surface area contributed by atoms with Crippen molar-refractivity contribution in [1.82, 2.24) is 0 Å². The largest absolute Gasteiger partial charge is 0.179 e. The number of hydrogen-bond donors (Lipinski definition) is 0. The van der Waals surface area contributed by atoms with E-state index in [-0.39, 0.29) is 0 Å². The van der Waals surface area contributed by atoms with Gasteiger partial charge >= 0.3 is 0 Å². The quantitative estimate of drug-likeness (QED) is 0.300. The lowest BCUT2D eigenvalue weighted by Crippen LogP contribution is -2.68. The highest BCUT2D eigenvalue weighted by atomic mass is 79.9. The molecule has 0 atom stereocenters. The van der Waals surface area contributed by atoms with Crippen LogP contribution in [0.15, 0.2) is 113 Å². The summed E-state index contributed by atoms with van der Waals surface area (Å²) in [6, 6.07) is 30.6. The standard InChI is InChI=1S/C24H23BrSi/c1-3-12-21(4-2)26(22-14-7-5-8-15-22,23-16-9-6-10-17-23)24-18-11-13-20(25)19-24/h4-19H,2-3H2,1H3. The van der Waals surface area contributed by atoms with Crippen LogP contribution in [0.25, 0.3) is 0 Å². The van der Waals surface area contributed by atoms with E-state index in [9.17, 15) is 0 Å². The van der Waals surface area contributed by atoms with Gasteiger partial charge in [0.05, 0.1) is 0 Å². The summed E-state index contributed by atoms with van der Waals surface area (Å²) in [5.41, 5.74) is 0. The van der Waals surface area contributed by atoms with E-state index in [1.54, 1.807) is 0 Å². The molecule has 0 aliphatic heterocycles. The van der Waals surface area contributed by atoms with Gasteiger partial charge in [-0.3, -0.25) is 0 Å². The predicted molar refractivity (Wildman–Crippen MR) is 120 cm³/mol. The van der Waals surface area contributed by atoms with Crippen molar-refractivity contribution in [1.29, 1.82) is 0 Å². The number of hydrogen-bond acceptors (Lipinski definition) is 0. The molecule has 0 aliphatic rings. The van der Waals surface area contributed by atoms with Crippen molar-refractivity contribution >= 4 is 39.6 Å². The van der Waals surface area contributed by atoms with Crippen LogP contribution >= 0.6 is 15.9 Å². The van der Waals surface area contributed by atoms with E-state index in [2.05, 4.69) is 127 Å². The molecule has 3 rings (SSSR count). The van der Waals surface area contributed by atoms with Crippen LogP contribution in [-0.2, 0) is 0 Å². The van der Waals surface area contributed by atoms with Gasteiger partial charge in [0.25, 0.3) is 0 Å². The summed E-state index contributed by atoms with van der Waals surface area (Å²) in [5.74, 6) is 0. The van der Waals surface area contributed by atoms with Crippen LogP contribution in [0.2, 0.25) is 0 Å². The Kier molecular flexibility index (Phi) is 6.07. The molecule has 26 heavy (non-hydrogen) atoms. The summed E-state index contributed by atoms with van der Waals surface area (Å²) in [5, 5.41) is 5.46. The number of rotatable bonds is 6. The molecule has 0 radical (unpaired) electrons. The van der Waals surface area contributed by atoms with Gasteiger partial charge < -0.3 is 0 Å². The Morgan fingerprint density at radius 3 is 1.85 bits per heavy atom. The molecule has 0 spiro atoms. The Morgan fingerprint density at radius 1 is 0.846 bits per heavy atom. The molecule has 3 aromatic rings. The van der Waals surface area contributed by atoms with E-state index in [1.807, 2.05) is 0 Å². The SMILES string of the molecule is C=CC(=CCC)[Si](c1ccccc1)(c1ccccc1)c1cccc(Br)c1. The Bertz CT molecular complexity index is 858. The fraction of sp³-hybridized carbons (Fsp3) is 0.0833. The normalized spacial score (nSPS) is 12.0. The highest BCUT2D eigenvalue weighted by Gasteiger charge is 2.41. The first kappa shape index (κ1) is 18.6. The Labute approximate surface area is 166 Å². The van der Waals surface area contributed by atoms with E-state index < -0.39 is 8.07 Å². The first-order chi connectivity index (χ1) is 12.7. The molecule has 0 nitrogen and oxygen atoms in total. The van der Waals surface area contributed by atoms with Crippen molar-refractivity contribution in [3.05, 3.63) is 113 Å². The van der Waals surface area contributed by atoms with Gasteiger partial charge in [-0.15, -0.1) is 0 Å². The van der Waals surface area contributed by atoms with E-state index in [0.717, 1.165) is 10.9 Å². The second kappa shape index (κ2) is 8.48. The van der Waals surface area contributed by atoms with Crippen LogP contribution in [0.5, 0.6) is 0 Å². The lowest BCUT2D eigenvalue weighted by molar-refractivity contribution is 1.22. The van der Waals surface area contributed by atoms with Gasteiger partial charge in [0.15, 0.2) is 8.07 Å². The lowest BCUT2D eigenvalue weighted by atomic mass is 10.3. The first-order valence-corrected chi connectivity index (χ1v) is 11.7. The molecule has 0 bridgehead atoms. The molecule has 0 unspecified atom stereocenters.